The summed E-state index contributed by atoms with van der Waals surface area (Å²) in [6.45, 7) is -0.250. The molecular weight excluding hydrogens is 279 g/mol. The van der Waals surface area contributed by atoms with Crippen LogP contribution in [0, 0.1) is 5.82 Å². The SMILES string of the molecule is O=C(O)Cn1cc(NC(=O)NCc2ccccc2F)cn1. The van der Waals surface area contributed by atoms with Crippen molar-refractivity contribution in [3.8, 4) is 0 Å². The van der Waals surface area contributed by atoms with E-state index < -0.39 is 17.8 Å². The summed E-state index contributed by atoms with van der Waals surface area (Å²) in [4.78, 5) is 22.1. The van der Waals surface area contributed by atoms with E-state index in [0.29, 0.717) is 11.3 Å². The summed E-state index contributed by atoms with van der Waals surface area (Å²) in [6, 6.07) is 5.59. The molecule has 0 saturated carbocycles. The van der Waals surface area contributed by atoms with Crippen LogP contribution in [0.3, 0.4) is 0 Å². The first kappa shape index (κ1) is 14.5. The Kier molecular flexibility index (Phi) is 4.50. The number of nitrogens with zero attached hydrogens (tertiary/aromatic N) is 2. The number of aliphatic carboxylic acids is 1. The predicted molar refractivity (Wildman–Crippen MR) is 72.1 cm³/mol. The Morgan fingerprint density at radius 1 is 1.33 bits per heavy atom. The zero-order valence-corrected chi connectivity index (χ0v) is 10.9. The van der Waals surface area contributed by atoms with Crippen LogP contribution < -0.4 is 10.6 Å². The number of aromatic nitrogens is 2. The van der Waals surface area contributed by atoms with Gasteiger partial charge in [-0.05, 0) is 6.07 Å². The van der Waals surface area contributed by atoms with Gasteiger partial charge in [0.15, 0.2) is 0 Å². The number of anilines is 1. The highest BCUT2D eigenvalue weighted by molar-refractivity contribution is 5.88. The first-order valence-electron chi connectivity index (χ1n) is 6.07. The standard InChI is InChI=1S/C13H13FN4O3/c14-11-4-2-1-3-9(11)5-15-13(21)17-10-6-16-18(7-10)8-12(19)20/h1-4,6-7H,5,8H2,(H,19,20)(H2,15,17,21). The molecule has 3 N–H and O–H groups in total. The van der Waals surface area contributed by atoms with E-state index in [0.717, 1.165) is 0 Å². The number of carboxylic acid groups (broad SMARTS) is 1. The fraction of sp³-hybridized carbons (Fsp3) is 0.154. The molecule has 1 heterocycles. The van der Waals surface area contributed by atoms with Gasteiger partial charge >= 0.3 is 12.0 Å². The van der Waals surface area contributed by atoms with Crippen molar-refractivity contribution in [1.82, 2.24) is 15.1 Å². The third-order valence-electron chi connectivity index (χ3n) is 2.59. The molecule has 0 aliphatic rings. The lowest BCUT2D eigenvalue weighted by Gasteiger charge is -2.06. The van der Waals surface area contributed by atoms with Gasteiger partial charge in [0.2, 0.25) is 0 Å². The van der Waals surface area contributed by atoms with Crippen molar-refractivity contribution in [3.05, 3.63) is 48.0 Å². The molecule has 21 heavy (non-hydrogen) atoms. The Balaban J connectivity index is 1.86. The molecule has 0 radical (unpaired) electrons. The lowest BCUT2D eigenvalue weighted by Crippen LogP contribution is -2.28. The molecule has 0 bridgehead atoms. The van der Waals surface area contributed by atoms with Crippen LogP contribution in [0.5, 0.6) is 0 Å². The smallest absolute Gasteiger partial charge is 0.325 e. The predicted octanol–water partition coefficient (Wildman–Crippen LogP) is 1.43. The van der Waals surface area contributed by atoms with E-state index in [4.69, 9.17) is 5.11 Å². The molecule has 2 amide bonds. The summed E-state index contributed by atoms with van der Waals surface area (Å²) in [7, 11) is 0. The Morgan fingerprint density at radius 2 is 2.10 bits per heavy atom. The van der Waals surface area contributed by atoms with Gasteiger partial charge in [-0.1, -0.05) is 18.2 Å². The van der Waals surface area contributed by atoms with Crippen LogP contribution in [-0.2, 0) is 17.9 Å². The molecule has 0 aliphatic carbocycles. The van der Waals surface area contributed by atoms with Gasteiger partial charge in [0.1, 0.15) is 12.4 Å². The second-order valence-corrected chi connectivity index (χ2v) is 4.22. The molecule has 8 heteroatoms. The molecule has 0 spiro atoms. The van der Waals surface area contributed by atoms with Crippen LogP contribution >= 0.6 is 0 Å². The number of amides is 2. The number of carboxylic acids is 1. The molecule has 0 aliphatic heterocycles. The first-order chi connectivity index (χ1) is 10.0. The van der Waals surface area contributed by atoms with E-state index in [2.05, 4.69) is 15.7 Å². The normalized spacial score (nSPS) is 10.1. The number of hydrogen-bond acceptors (Lipinski definition) is 3. The Labute approximate surface area is 119 Å². The maximum absolute atomic E-state index is 13.4. The van der Waals surface area contributed by atoms with Gasteiger partial charge in [0.25, 0.3) is 0 Å². The minimum absolute atomic E-state index is 0.0434. The van der Waals surface area contributed by atoms with Gasteiger partial charge in [0, 0.05) is 18.3 Å². The average molecular weight is 292 g/mol. The van der Waals surface area contributed by atoms with Gasteiger partial charge in [-0.15, -0.1) is 0 Å². The molecule has 2 aromatic rings. The van der Waals surface area contributed by atoms with E-state index in [1.165, 1.54) is 23.1 Å². The minimum atomic E-state index is -1.03. The van der Waals surface area contributed by atoms with Crippen molar-refractivity contribution in [3.63, 3.8) is 0 Å². The number of benzene rings is 1. The van der Waals surface area contributed by atoms with Crippen molar-refractivity contribution in [2.45, 2.75) is 13.1 Å². The molecule has 0 atom stereocenters. The quantitative estimate of drug-likeness (QED) is 0.776. The van der Waals surface area contributed by atoms with Crippen molar-refractivity contribution in [2.75, 3.05) is 5.32 Å². The highest BCUT2D eigenvalue weighted by atomic mass is 19.1. The van der Waals surface area contributed by atoms with Crippen molar-refractivity contribution < 1.29 is 19.1 Å². The number of halogens is 1. The van der Waals surface area contributed by atoms with E-state index in [9.17, 15) is 14.0 Å². The average Bonchev–Trinajstić information content (AvgIpc) is 2.84. The number of rotatable bonds is 5. The van der Waals surface area contributed by atoms with E-state index in [1.54, 1.807) is 18.2 Å². The third-order valence-corrected chi connectivity index (χ3v) is 2.59. The van der Waals surface area contributed by atoms with E-state index in [-0.39, 0.29) is 13.1 Å². The summed E-state index contributed by atoms with van der Waals surface area (Å²) < 4.78 is 14.5. The zero-order chi connectivity index (χ0) is 15.2. The summed E-state index contributed by atoms with van der Waals surface area (Å²) in [5.74, 6) is -1.43. The Bertz CT molecular complexity index is 656. The van der Waals surface area contributed by atoms with Crippen LogP contribution in [-0.4, -0.2) is 26.9 Å². The number of nitrogens with one attached hydrogen (secondary N) is 2. The monoisotopic (exact) mass is 292 g/mol. The zero-order valence-electron chi connectivity index (χ0n) is 10.9. The number of urea groups is 1. The largest absolute Gasteiger partial charge is 0.480 e. The van der Waals surface area contributed by atoms with E-state index in [1.807, 2.05) is 0 Å². The minimum Gasteiger partial charge on any atom is -0.480 e. The van der Waals surface area contributed by atoms with E-state index >= 15 is 0 Å². The van der Waals surface area contributed by atoms with Crippen molar-refractivity contribution >= 4 is 17.7 Å². The van der Waals surface area contributed by atoms with Gasteiger partial charge in [-0.3, -0.25) is 9.48 Å². The fourth-order valence-corrected chi connectivity index (χ4v) is 1.65. The number of carbonyl (C=O) groups excluding carboxylic acids is 1. The summed E-state index contributed by atoms with van der Waals surface area (Å²) in [5, 5.41) is 17.3. The van der Waals surface area contributed by atoms with Crippen LogP contribution in [0.2, 0.25) is 0 Å². The summed E-state index contributed by atoms with van der Waals surface area (Å²) in [5.41, 5.74) is 0.719. The fourth-order valence-electron chi connectivity index (χ4n) is 1.65. The lowest BCUT2D eigenvalue weighted by atomic mass is 10.2. The highest BCUT2D eigenvalue weighted by Crippen LogP contribution is 2.07. The first-order valence-corrected chi connectivity index (χ1v) is 6.07. The molecule has 110 valence electrons. The maximum Gasteiger partial charge on any atom is 0.325 e. The summed E-state index contributed by atoms with van der Waals surface area (Å²) >= 11 is 0. The second-order valence-electron chi connectivity index (χ2n) is 4.22. The molecule has 2 rings (SSSR count). The van der Waals surface area contributed by atoms with Crippen molar-refractivity contribution in [1.29, 1.82) is 0 Å². The molecule has 1 aromatic carbocycles. The van der Waals surface area contributed by atoms with Gasteiger partial charge in [-0.25, -0.2) is 9.18 Å². The second kappa shape index (κ2) is 6.51. The summed E-state index contributed by atoms with van der Waals surface area (Å²) in [6.07, 6.45) is 2.71. The van der Waals surface area contributed by atoms with Crippen LogP contribution in [0.15, 0.2) is 36.7 Å². The van der Waals surface area contributed by atoms with Gasteiger partial charge < -0.3 is 15.7 Å². The number of carbonyl (C=O) groups is 2. The van der Waals surface area contributed by atoms with Crippen LogP contribution in [0.25, 0.3) is 0 Å². The third kappa shape index (κ3) is 4.30. The van der Waals surface area contributed by atoms with Crippen molar-refractivity contribution in [2.24, 2.45) is 0 Å². The molecule has 0 unspecified atom stereocenters. The van der Waals surface area contributed by atoms with Gasteiger partial charge in [0.05, 0.1) is 11.9 Å². The molecule has 0 saturated heterocycles. The molecule has 1 aromatic heterocycles. The van der Waals surface area contributed by atoms with Crippen LogP contribution in [0.1, 0.15) is 5.56 Å². The molecular formula is C13H13FN4O3. The lowest BCUT2D eigenvalue weighted by molar-refractivity contribution is -0.137. The highest BCUT2D eigenvalue weighted by Gasteiger charge is 2.07. The Morgan fingerprint density at radius 3 is 2.81 bits per heavy atom. The molecule has 0 fully saturated rings. The maximum atomic E-state index is 13.4. The molecule has 7 nitrogen and oxygen atoms in total. The Hall–Kier alpha value is -2.90. The number of hydrogen-bond donors (Lipinski definition) is 3. The van der Waals surface area contributed by atoms with Crippen LogP contribution in [0.4, 0.5) is 14.9 Å². The topological polar surface area (TPSA) is 96.2 Å². The van der Waals surface area contributed by atoms with Gasteiger partial charge in [-0.2, -0.15) is 5.10 Å².